The highest BCUT2D eigenvalue weighted by Gasteiger charge is 2.28. The van der Waals surface area contributed by atoms with Crippen LogP contribution in [0.2, 0.25) is 10.0 Å². The Morgan fingerprint density at radius 1 is 1.19 bits per heavy atom. The molecule has 0 radical (unpaired) electrons. The number of hydrogen-bond donors (Lipinski definition) is 2. The summed E-state index contributed by atoms with van der Waals surface area (Å²) in [6.45, 7) is 0.729. The number of benzene rings is 1. The van der Waals surface area contributed by atoms with Gasteiger partial charge in [0.05, 0.1) is 16.2 Å². The van der Waals surface area contributed by atoms with E-state index in [1.807, 2.05) is 0 Å². The third-order valence-electron chi connectivity index (χ3n) is 4.58. The van der Waals surface area contributed by atoms with Gasteiger partial charge in [-0.2, -0.15) is 0 Å². The van der Waals surface area contributed by atoms with Crippen molar-refractivity contribution in [2.45, 2.75) is 32.2 Å². The fourth-order valence-electron chi connectivity index (χ4n) is 3.10. The van der Waals surface area contributed by atoms with Crippen LogP contribution >= 0.6 is 35.1 Å². The van der Waals surface area contributed by atoms with Crippen LogP contribution in [0.4, 0.5) is 0 Å². The highest BCUT2D eigenvalue weighted by atomic mass is 35.5. The number of halogens is 3. The molecule has 1 aliphatic heterocycles. The summed E-state index contributed by atoms with van der Waals surface area (Å²) in [7, 11) is 0. The Morgan fingerprint density at radius 3 is 2.52 bits per heavy atom. The van der Waals surface area contributed by atoms with Crippen LogP contribution in [0.25, 0.3) is 0 Å². The minimum atomic E-state index is -0.454. The SMILES string of the molecule is O=C(CCCc1ccc(OCl)cn1)N1CCc2c(Cl)c(O)c(O)c(Cl)c2C1. The van der Waals surface area contributed by atoms with Gasteiger partial charge in [-0.1, -0.05) is 23.2 Å². The molecular formula is C18H17Cl3N2O4. The lowest BCUT2D eigenvalue weighted by molar-refractivity contribution is -0.132. The monoisotopic (exact) mass is 430 g/mol. The number of phenols is 2. The molecule has 0 unspecified atom stereocenters. The van der Waals surface area contributed by atoms with E-state index in [1.54, 1.807) is 17.0 Å². The van der Waals surface area contributed by atoms with E-state index in [4.69, 9.17) is 35.1 Å². The van der Waals surface area contributed by atoms with E-state index in [9.17, 15) is 15.0 Å². The lowest BCUT2D eigenvalue weighted by Crippen LogP contribution is -2.36. The molecule has 2 N–H and O–H groups in total. The van der Waals surface area contributed by atoms with E-state index in [1.165, 1.54) is 6.20 Å². The molecule has 27 heavy (non-hydrogen) atoms. The standard InChI is InChI=1S/C18H17Cl3N2O4/c19-15-12-6-7-23(9-13(12)16(20)18(26)17(15)25)14(24)3-1-2-10-4-5-11(27-21)8-22-10/h4-5,8,25-26H,1-3,6-7,9H2. The van der Waals surface area contributed by atoms with Crippen molar-refractivity contribution in [1.29, 1.82) is 0 Å². The van der Waals surface area contributed by atoms with Gasteiger partial charge in [-0.25, -0.2) is 0 Å². The highest BCUT2D eigenvalue weighted by molar-refractivity contribution is 6.36. The average Bonchev–Trinajstić information content (AvgIpc) is 2.70. The lowest BCUT2D eigenvalue weighted by atomic mass is 9.98. The third-order valence-corrected chi connectivity index (χ3v) is 5.57. The molecule has 3 rings (SSSR count). The molecule has 0 saturated heterocycles. The molecule has 1 aromatic heterocycles. The number of hydrogen-bond acceptors (Lipinski definition) is 5. The number of phenolic OH excluding ortho intramolecular Hbond substituents is 2. The average molecular weight is 432 g/mol. The van der Waals surface area contributed by atoms with Crippen LogP contribution < -0.4 is 4.29 Å². The number of aromatic hydroxyl groups is 2. The first kappa shape index (κ1) is 19.9. The van der Waals surface area contributed by atoms with Crippen molar-refractivity contribution >= 4 is 41.0 Å². The highest BCUT2D eigenvalue weighted by Crippen LogP contribution is 2.46. The van der Waals surface area contributed by atoms with Crippen LogP contribution in [0, 0.1) is 0 Å². The number of aromatic nitrogens is 1. The molecule has 2 aromatic rings. The summed E-state index contributed by atoms with van der Waals surface area (Å²) in [6.07, 6.45) is 3.65. The number of pyridine rings is 1. The maximum Gasteiger partial charge on any atom is 0.222 e. The van der Waals surface area contributed by atoms with Crippen LogP contribution in [0.3, 0.4) is 0 Å². The molecular weight excluding hydrogens is 415 g/mol. The summed E-state index contributed by atoms with van der Waals surface area (Å²) in [6, 6.07) is 3.52. The summed E-state index contributed by atoms with van der Waals surface area (Å²) >= 11 is 17.5. The van der Waals surface area contributed by atoms with E-state index in [2.05, 4.69) is 9.27 Å². The summed E-state index contributed by atoms with van der Waals surface area (Å²) in [4.78, 5) is 18.4. The fraction of sp³-hybridized carbons (Fsp3) is 0.333. The number of carbonyl (C=O) groups excluding carboxylic acids is 1. The first-order valence-electron chi connectivity index (χ1n) is 8.34. The smallest absolute Gasteiger partial charge is 0.222 e. The molecule has 1 amide bonds. The Morgan fingerprint density at radius 2 is 1.89 bits per heavy atom. The molecule has 0 saturated carbocycles. The van der Waals surface area contributed by atoms with Crippen molar-refractivity contribution in [1.82, 2.24) is 9.88 Å². The van der Waals surface area contributed by atoms with E-state index in [0.29, 0.717) is 49.1 Å². The van der Waals surface area contributed by atoms with Crippen LogP contribution in [0.5, 0.6) is 17.2 Å². The zero-order valence-electron chi connectivity index (χ0n) is 14.2. The number of amides is 1. The first-order valence-corrected chi connectivity index (χ1v) is 9.40. The van der Waals surface area contributed by atoms with E-state index in [-0.39, 0.29) is 22.5 Å². The Kier molecular flexibility index (Phi) is 6.19. The van der Waals surface area contributed by atoms with Gasteiger partial charge >= 0.3 is 0 Å². The number of fused-ring (bicyclic) bond motifs is 1. The predicted octanol–water partition coefficient (Wildman–Crippen LogP) is 4.24. The molecule has 144 valence electrons. The zero-order valence-corrected chi connectivity index (χ0v) is 16.5. The maximum atomic E-state index is 12.5. The second-order valence-electron chi connectivity index (χ2n) is 6.26. The van der Waals surface area contributed by atoms with Gasteiger partial charge in [-0.05, 0) is 42.5 Å². The molecule has 1 aliphatic rings. The van der Waals surface area contributed by atoms with Crippen molar-refractivity contribution in [2.24, 2.45) is 0 Å². The Balaban J connectivity index is 1.60. The Labute approximate surface area is 171 Å². The first-order chi connectivity index (χ1) is 12.9. The number of carbonyl (C=O) groups is 1. The molecule has 0 aliphatic carbocycles. The van der Waals surface area contributed by atoms with Crippen molar-refractivity contribution in [3.63, 3.8) is 0 Å². The van der Waals surface area contributed by atoms with Crippen molar-refractivity contribution in [2.75, 3.05) is 6.54 Å². The second-order valence-corrected chi connectivity index (χ2v) is 7.17. The molecule has 2 heterocycles. The molecule has 0 bridgehead atoms. The van der Waals surface area contributed by atoms with Crippen LogP contribution in [0.1, 0.15) is 29.7 Å². The molecule has 0 fully saturated rings. The number of rotatable bonds is 5. The van der Waals surface area contributed by atoms with Gasteiger partial charge in [0.2, 0.25) is 5.91 Å². The van der Waals surface area contributed by atoms with Gasteiger partial charge in [-0.3, -0.25) is 9.78 Å². The van der Waals surface area contributed by atoms with Gasteiger partial charge in [0, 0.05) is 25.2 Å². The van der Waals surface area contributed by atoms with Crippen molar-refractivity contribution < 1.29 is 19.3 Å². The summed E-state index contributed by atoms with van der Waals surface area (Å²) < 4.78 is 4.55. The molecule has 0 spiro atoms. The number of nitrogens with zero attached hydrogens (tertiary/aromatic N) is 2. The quantitative estimate of drug-likeness (QED) is 0.692. The van der Waals surface area contributed by atoms with Gasteiger partial charge < -0.3 is 19.4 Å². The van der Waals surface area contributed by atoms with Gasteiger partial charge in [0.1, 0.15) is 11.9 Å². The van der Waals surface area contributed by atoms with Gasteiger partial charge in [0.25, 0.3) is 0 Å². The zero-order chi connectivity index (χ0) is 19.6. The summed E-state index contributed by atoms with van der Waals surface area (Å²) in [5.41, 5.74) is 2.10. The van der Waals surface area contributed by atoms with Crippen LogP contribution in [0.15, 0.2) is 18.3 Å². The normalized spacial score (nSPS) is 13.4. The van der Waals surface area contributed by atoms with Crippen molar-refractivity contribution in [3.8, 4) is 17.2 Å². The van der Waals surface area contributed by atoms with Gasteiger partial charge in [-0.15, -0.1) is 0 Å². The molecule has 1 aromatic carbocycles. The fourth-order valence-corrected chi connectivity index (χ4v) is 3.75. The number of aryl methyl sites for hydroxylation is 1. The van der Waals surface area contributed by atoms with E-state index < -0.39 is 11.5 Å². The van der Waals surface area contributed by atoms with E-state index in [0.717, 1.165) is 5.69 Å². The minimum absolute atomic E-state index is 0.0129. The van der Waals surface area contributed by atoms with Gasteiger partial charge in [0.15, 0.2) is 17.2 Å². The molecule has 6 nitrogen and oxygen atoms in total. The third kappa shape index (κ3) is 4.18. The second kappa shape index (κ2) is 8.42. The molecule has 0 atom stereocenters. The van der Waals surface area contributed by atoms with Crippen molar-refractivity contribution in [3.05, 3.63) is 45.2 Å². The minimum Gasteiger partial charge on any atom is -0.503 e. The predicted molar refractivity (Wildman–Crippen MR) is 103 cm³/mol. The summed E-state index contributed by atoms with van der Waals surface area (Å²) in [5, 5.41) is 19.8. The van der Waals surface area contributed by atoms with E-state index >= 15 is 0 Å². The van der Waals surface area contributed by atoms with Crippen LogP contribution in [-0.2, 0) is 24.2 Å². The Hall–Kier alpha value is -1.89. The summed E-state index contributed by atoms with van der Waals surface area (Å²) in [5.74, 6) is -0.419. The lowest BCUT2D eigenvalue weighted by Gasteiger charge is -2.30. The molecule has 9 heteroatoms. The Bertz CT molecular complexity index is 859. The maximum absolute atomic E-state index is 12.5. The topological polar surface area (TPSA) is 82.9 Å². The largest absolute Gasteiger partial charge is 0.503 e. The van der Waals surface area contributed by atoms with Crippen LogP contribution in [-0.4, -0.2) is 32.5 Å².